The average molecular weight is 545 g/mol. The Hall–Kier alpha value is -2.40. The molecule has 0 radical (unpaired) electrons. The van der Waals surface area contributed by atoms with Gasteiger partial charge in [0, 0.05) is 12.0 Å². The summed E-state index contributed by atoms with van der Waals surface area (Å²) in [5.41, 5.74) is -3.20. The van der Waals surface area contributed by atoms with E-state index in [2.05, 4.69) is 5.16 Å². The number of nitrogens with zero attached hydrogens (tertiary/aromatic N) is 2. The number of hydrogen-bond acceptors (Lipinski definition) is 5. The van der Waals surface area contributed by atoms with Crippen molar-refractivity contribution >= 4 is 34.8 Å². The summed E-state index contributed by atoms with van der Waals surface area (Å²) in [5.74, 6) is -1.32. The molecule has 12 heteroatoms. The molecule has 4 aliphatic rings. The van der Waals surface area contributed by atoms with Crippen LogP contribution in [0.4, 0.5) is 17.6 Å². The summed E-state index contributed by atoms with van der Waals surface area (Å²) in [5, 5.41) is 12.7. The van der Waals surface area contributed by atoms with Crippen molar-refractivity contribution in [2.45, 2.75) is 48.8 Å². The van der Waals surface area contributed by atoms with Crippen LogP contribution in [0.2, 0.25) is 10.0 Å². The molecule has 3 aliphatic heterocycles. The lowest BCUT2D eigenvalue weighted by molar-refractivity contribution is -0.275. The largest absolute Gasteiger partial charge is 0.435 e. The summed E-state index contributed by atoms with van der Waals surface area (Å²) in [6.07, 6.45) is -4.66. The van der Waals surface area contributed by atoms with Crippen molar-refractivity contribution in [1.82, 2.24) is 4.90 Å². The van der Waals surface area contributed by atoms with Gasteiger partial charge in [0.15, 0.2) is 5.82 Å². The number of amides is 1. The van der Waals surface area contributed by atoms with Crippen LogP contribution in [0, 0.1) is 5.82 Å². The normalized spacial score (nSPS) is 25.3. The molecule has 6 rings (SSSR count). The molecule has 1 spiro atoms. The van der Waals surface area contributed by atoms with Crippen LogP contribution < -0.4 is 0 Å². The smallest absolute Gasteiger partial charge is 0.380 e. The van der Waals surface area contributed by atoms with Crippen LogP contribution in [-0.4, -0.2) is 46.5 Å². The topological polar surface area (TPSA) is 71.4 Å². The third kappa shape index (κ3) is 3.38. The number of carbonyl (C=O) groups excluding carboxylic acids is 1. The zero-order chi connectivity index (χ0) is 25.7. The Kier molecular flexibility index (Phi) is 5.04. The van der Waals surface area contributed by atoms with Gasteiger partial charge < -0.3 is 19.6 Å². The molecule has 2 aromatic carbocycles. The van der Waals surface area contributed by atoms with E-state index >= 15 is 0 Å². The fourth-order valence-corrected chi connectivity index (χ4v) is 5.57. The van der Waals surface area contributed by atoms with E-state index in [1.165, 1.54) is 0 Å². The second kappa shape index (κ2) is 7.56. The quantitative estimate of drug-likeness (QED) is 0.444. The molecule has 1 aliphatic carbocycles. The number of hydrogen-bond donors (Lipinski definition) is 1. The maximum absolute atomic E-state index is 14.3. The lowest BCUT2D eigenvalue weighted by Crippen LogP contribution is -2.63. The molecule has 36 heavy (non-hydrogen) atoms. The highest BCUT2D eigenvalue weighted by Gasteiger charge is 2.63. The van der Waals surface area contributed by atoms with Gasteiger partial charge >= 0.3 is 6.18 Å². The van der Waals surface area contributed by atoms with Crippen LogP contribution in [0.25, 0.3) is 0 Å². The van der Waals surface area contributed by atoms with Gasteiger partial charge in [-0.1, -0.05) is 40.5 Å². The van der Waals surface area contributed by atoms with Gasteiger partial charge in [0.2, 0.25) is 0 Å². The summed E-state index contributed by atoms with van der Waals surface area (Å²) in [4.78, 5) is 18.9. The summed E-state index contributed by atoms with van der Waals surface area (Å²) in [6.45, 7) is 0.818. The van der Waals surface area contributed by atoms with Crippen molar-refractivity contribution in [3.05, 3.63) is 68.4 Å². The predicted molar refractivity (Wildman–Crippen MR) is 120 cm³/mol. The summed E-state index contributed by atoms with van der Waals surface area (Å²) < 4.78 is 62.7. The molecule has 1 unspecified atom stereocenters. The zero-order valence-corrected chi connectivity index (χ0v) is 20.0. The van der Waals surface area contributed by atoms with E-state index in [0.717, 1.165) is 23.3 Å². The molecule has 190 valence electrons. The molecule has 6 nitrogen and oxygen atoms in total. The number of aliphatic hydroxyl groups is 1. The minimum absolute atomic E-state index is 0.0500. The fourth-order valence-electron chi connectivity index (χ4n) is 5.08. The molecule has 1 N–H and O–H groups in total. The lowest BCUT2D eigenvalue weighted by Gasteiger charge is -2.48. The molecule has 0 aromatic heterocycles. The first-order chi connectivity index (χ1) is 16.9. The van der Waals surface area contributed by atoms with E-state index in [-0.39, 0.29) is 18.2 Å². The highest BCUT2D eigenvalue weighted by molar-refractivity contribution is 6.35. The van der Waals surface area contributed by atoms with Crippen molar-refractivity contribution < 1.29 is 37.0 Å². The molecule has 1 saturated carbocycles. The number of oxime groups is 1. The van der Waals surface area contributed by atoms with Crippen LogP contribution in [0.5, 0.6) is 0 Å². The number of benzene rings is 2. The molecular weight excluding hydrogens is 527 g/mol. The Morgan fingerprint density at radius 1 is 1.11 bits per heavy atom. The van der Waals surface area contributed by atoms with Crippen molar-refractivity contribution in [3.63, 3.8) is 0 Å². The molecule has 0 bridgehead atoms. The number of carbonyl (C=O) groups is 1. The highest BCUT2D eigenvalue weighted by Crippen LogP contribution is 2.51. The minimum atomic E-state index is -4.90. The second-order valence-corrected chi connectivity index (χ2v) is 10.5. The van der Waals surface area contributed by atoms with Crippen LogP contribution >= 0.6 is 23.2 Å². The second-order valence-electron chi connectivity index (χ2n) is 9.73. The van der Waals surface area contributed by atoms with E-state index < -0.39 is 50.8 Å². The Morgan fingerprint density at radius 2 is 1.78 bits per heavy atom. The van der Waals surface area contributed by atoms with Gasteiger partial charge in [0.25, 0.3) is 11.5 Å². The van der Waals surface area contributed by atoms with Crippen LogP contribution in [0.1, 0.15) is 41.5 Å². The van der Waals surface area contributed by atoms with Gasteiger partial charge in [-0.05, 0) is 47.7 Å². The summed E-state index contributed by atoms with van der Waals surface area (Å²) >= 11 is 11.5. The summed E-state index contributed by atoms with van der Waals surface area (Å²) in [6, 6.07) is 6.77. The Balaban J connectivity index is 1.25. The Morgan fingerprint density at radius 3 is 2.39 bits per heavy atom. The molecule has 3 heterocycles. The van der Waals surface area contributed by atoms with Crippen molar-refractivity contribution in [1.29, 1.82) is 0 Å². The first-order valence-electron chi connectivity index (χ1n) is 11.1. The van der Waals surface area contributed by atoms with Gasteiger partial charge in [0.05, 0.1) is 35.5 Å². The summed E-state index contributed by atoms with van der Waals surface area (Å²) in [7, 11) is 0. The van der Waals surface area contributed by atoms with Gasteiger partial charge in [-0.25, -0.2) is 4.39 Å². The van der Waals surface area contributed by atoms with Crippen molar-refractivity contribution in [2.75, 3.05) is 13.1 Å². The molecule has 1 atom stereocenters. The van der Waals surface area contributed by atoms with Crippen molar-refractivity contribution in [2.24, 2.45) is 5.16 Å². The van der Waals surface area contributed by atoms with E-state index in [0.29, 0.717) is 31.5 Å². The maximum Gasteiger partial charge on any atom is 0.435 e. The third-order valence-corrected chi connectivity index (χ3v) is 7.92. The van der Waals surface area contributed by atoms with Gasteiger partial charge in [-0.15, -0.1) is 0 Å². The van der Waals surface area contributed by atoms with E-state index in [4.69, 9.17) is 32.8 Å². The molecule has 2 aromatic rings. The predicted octanol–water partition coefficient (Wildman–Crippen LogP) is 4.81. The minimum Gasteiger partial charge on any atom is -0.380 e. The number of ether oxygens (including phenoxy) is 1. The van der Waals surface area contributed by atoms with E-state index in [1.54, 1.807) is 23.1 Å². The molecular formula is C24H18Cl2F4N2O4. The Labute approximate surface area is 212 Å². The first-order valence-corrected chi connectivity index (χ1v) is 11.9. The van der Waals surface area contributed by atoms with E-state index in [1.807, 2.05) is 0 Å². The lowest BCUT2D eigenvalue weighted by atomic mass is 9.82. The zero-order valence-electron chi connectivity index (χ0n) is 18.5. The van der Waals surface area contributed by atoms with E-state index in [9.17, 15) is 27.5 Å². The highest BCUT2D eigenvalue weighted by atomic mass is 35.5. The SMILES string of the molecule is O=C(N1CC2(C1)OCc1cc(C3=NOC(c4cc(Cl)c(F)c(Cl)c4)(C(F)(F)F)C3)ccc12)C1(O)CC1. The maximum atomic E-state index is 14.3. The van der Waals surface area contributed by atoms with Gasteiger partial charge in [0.1, 0.15) is 11.2 Å². The first kappa shape index (κ1) is 24.0. The number of likely N-dealkylation sites (tertiary alicyclic amines) is 1. The molecule has 2 fully saturated rings. The number of alkyl halides is 3. The molecule has 1 saturated heterocycles. The van der Waals surface area contributed by atoms with Crippen LogP contribution in [0.3, 0.4) is 0 Å². The molecule has 1 amide bonds. The average Bonchev–Trinajstić information content (AvgIpc) is 3.23. The fraction of sp³-hybridized carbons (Fsp3) is 0.417. The number of halogens is 6. The third-order valence-electron chi connectivity index (χ3n) is 7.37. The van der Waals surface area contributed by atoms with Gasteiger partial charge in [-0.2, -0.15) is 13.2 Å². The standard InChI is InChI=1S/C24H18Cl2F4N2O4/c25-16-6-14(7-17(26)19(16)27)23(24(28,29)30)8-18(31-36-23)12-1-2-15-13(5-12)9-35-22(15)10-32(11-22)20(33)21(34)3-4-21/h1-2,5-7,34H,3-4,8-11H2. The van der Waals surface area contributed by atoms with Crippen molar-refractivity contribution in [3.8, 4) is 0 Å². The Bertz CT molecular complexity index is 1310. The monoisotopic (exact) mass is 544 g/mol. The number of fused-ring (bicyclic) bond motifs is 2. The van der Waals surface area contributed by atoms with Gasteiger partial charge in [-0.3, -0.25) is 4.79 Å². The van der Waals surface area contributed by atoms with Crippen LogP contribution in [-0.2, 0) is 32.2 Å². The number of rotatable bonds is 3. The van der Waals surface area contributed by atoms with Crippen LogP contribution in [0.15, 0.2) is 35.5 Å².